The number of aromatic nitrogens is 2. The van der Waals surface area contributed by atoms with E-state index in [1.54, 1.807) is 0 Å². The maximum Gasteiger partial charge on any atom is 0.417 e. The molecule has 2 atom stereocenters. The third kappa shape index (κ3) is 9.58. The van der Waals surface area contributed by atoms with Gasteiger partial charge in [-0.25, -0.2) is 13.6 Å². The molecule has 0 saturated heterocycles. The molecule has 0 aliphatic rings. The summed E-state index contributed by atoms with van der Waals surface area (Å²) in [6, 6.07) is 3.01. The highest BCUT2D eigenvalue weighted by molar-refractivity contribution is 5.99. The molecule has 0 spiro atoms. The van der Waals surface area contributed by atoms with Crippen LogP contribution in [0.2, 0.25) is 0 Å². The number of aryl methyl sites for hydroxylation is 1. The summed E-state index contributed by atoms with van der Waals surface area (Å²) in [5, 5.41) is 4.21. The Morgan fingerprint density at radius 2 is 1.58 bits per heavy atom. The van der Waals surface area contributed by atoms with Crippen LogP contribution in [0, 0.1) is 24.0 Å². The molecule has 2 aromatic carbocycles. The molecule has 0 aliphatic heterocycles. The lowest BCUT2D eigenvalue weighted by atomic mass is 9.93. The number of halogens is 8. The molecule has 0 radical (unpaired) electrons. The van der Waals surface area contributed by atoms with Gasteiger partial charge in [0.2, 0.25) is 6.79 Å². The zero-order valence-electron chi connectivity index (χ0n) is 30.3. The van der Waals surface area contributed by atoms with Crippen LogP contribution in [0.3, 0.4) is 0 Å². The van der Waals surface area contributed by atoms with Gasteiger partial charge in [-0.1, -0.05) is 25.1 Å². The van der Waals surface area contributed by atoms with Gasteiger partial charge in [0.1, 0.15) is 29.3 Å². The smallest absolute Gasteiger partial charge is 0.417 e. The van der Waals surface area contributed by atoms with Crippen molar-refractivity contribution < 1.29 is 59.0 Å². The van der Waals surface area contributed by atoms with Crippen LogP contribution in [0.4, 0.5) is 40.8 Å². The molecule has 0 aliphatic carbocycles. The Labute approximate surface area is 308 Å². The van der Waals surface area contributed by atoms with Crippen LogP contribution in [-0.4, -0.2) is 52.4 Å². The highest BCUT2D eigenvalue weighted by Crippen LogP contribution is 2.38. The summed E-state index contributed by atoms with van der Waals surface area (Å²) in [4.78, 5) is 56.5. The van der Waals surface area contributed by atoms with Gasteiger partial charge in [-0.2, -0.15) is 26.3 Å². The van der Waals surface area contributed by atoms with Crippen LogP contribution in [0.5, 0.6) is 0 Å². The number of fused-ring (bicyclic) bond motifs is 1. The molecule has 0 fully saturated rings. The summed E-state index contributed by atoms with van der Waals surface area (Å²) >= 11 is 0. The van der Waals surface area contributed by atoms with Gasteiger partial charge in [-0.05, 0) is 63.9 Å². The minimum absolute atomic E-state index is 0.0328. The maximum absolute atomic E-state index is 15.2. The fourth-order valence-electron chi connectivity index (χ4n) is 5.51. The van der Waals surface area contributed by atoms with Gasteiger partial charge in [-0.15, -0.1) is 0 Å². The van der Waals surface area contributed by atoms with Crippen molar-refractivity contribution in [2.75, 3.05) is 12.1 Å². The van der Waals surface area contributed by atoms with E-state index in [0.717, 1.165) is 16.7 Å². The topological polar surface area (TPSA) is 129 Å². The Bertz CT molecular complexity index is 2150. The third-order valence-corrected chi connectivity index (χ3v) is 8.54. The molecule has 296 valence electrons. The first-order valence-electron chi connectivity index (χ1n) is 16.6. The number of carbonyl (C=O) groups excluding carboxylic acids is 3. The zero-order chi connectivity index (χ0) is 41.2. The van der Waals surface area contributed by atoms with Crippen LogP contribution in [0.1, 0.15) is 61.3 Å². The van der Waals surface area contributed by atoms with E-state index in [4.69, 9.17) is 9.47 Å². The van der Waals surface area contributed by atoms with Gasteiger partial charge in [0, 0.05) is 42.0 Å². The summed E-state index contributed by atoms with van der Waals surface area (Å²) < 4.78 is 124. The molecule has 2 aromatic heterocycles. The second-order valence-corrected chi connectivity index (χ2v) is 13.6. The number of ether oxygens (including phenoxy) is 2. The van der Waals surface area contributed by atoms with Gasteiger partial charge < -0.3 is 24.7 Å². The van der Waals surface area contributed by atoms with Crippen molar-refractivity contribution in [2.45, 2.75) is 71.9 Å². The van der Waals surface area contributed by atoms with Crippen LogP contribution < -0.4 is 16.2 Å². The Balaban J connectivity index is 1.77. The average molecular weight is 785 g/mol. The quantitative estimate of drug-likeness (QED) is 0.0916. The number of carbonyl (C=O) groups is 3. The number of hydrogen-bond donors (Lipinski definition) is 2. The minimum Gasteiger partial charge on any atom is -0.427 e. The second-order valence-electron chi connectivity index (χ2n) is 13.6. The molecule has 0 bridgehead atoms. The van der Waals surface area contributed by atoms with E-state index in [9.17, 15) is 45.5 Å². The van der Waals surface area contributed by atoms with E-state index in [-0.39, 0.29) is 27.7 Å². The monoisotopic (exact) mass is 784 g/mol. The van der Waals surface area contributed by atoms with Gasteiger partial charge in [-0.3, -0.25) is 19.4 Å². The third-order valence-electron chi connectivity index (χ3n) is 8.54. The maximum atomic E-state index is 15.2. The van der Waals surface area contributed by atoms with E-state index in [2.05, 4.69) is 10.3 Å². The normalized spacial score (nSPS) is 13.3. The lowest BCUT2D eigenvalue weighted by Crippen LogP contribution is -2.44. The molecule has 0 unspecified atom stereocenters. The molecule has 55 heavy (non-hydrogen) atoms. The summed E-state index contributed by atoms with van der Waals surface area (Å²) in [5.41, 5.74) is -5.94. The minimum atomic E-state index is -4.95. The molecular formula is C37H36F8N4O6. The molecule has 10 nitrogen and oxygen atoms in total. The zero-order valence-corrected chi connectivity index (χ0v) is 30.3. The number of amides is 1. The summed E-state index contributed by atoms with van der Waals surface area (Å²) in [7, 11) is 1.29. The molecule has 18 heteroatoms. The predicted octanol–water partition coefficient (Wildman–Crippen LogP) is 7.39. The number of nitrogens with zero attached hydrogens (tertiary/aromatic N) is 2. The van der Waals surface area contributed by atoms with Crippen LogP contribution in [0.15, 0.2) is 53.5 Å². The number of anilines is 1. The SMILES string of the molecule is CC[C@@H](Nc1cc(F)c(C(=O)N[C@@H](Cc2ccc(-c3c(C(F)(F)F)cc(C)n(C)c3=O)c3ncccc23)C(=O)OCOC(=O)C(C)(C)C)c(F)c1)C(F)(F)F. The molecule has 2 heterocycles. The number of alkyl halides is 6. The first kappa shape index (κ1) is 42.2. The molecule has 0 saturated carbocycles. The van der Waals surface area contributed by atoms with Gasteiger partial charge in [0.25, 0.3) is 11.5 Å². The summed E-state index contributed by atoms with van der Waals surface area (Å²) in [5.74, 6) is -6.75. The largest absolute Gasteiger partial charge is 0.427 e. The number of esters is 2. The second kappa shape index (κ2) is 16.0. The number of benzene rings is 2. The van der Waals surface area contributed by atoms with Gasteiger partial charge >= 0.3 is 24.3 Å². The Kier molecular flexibility index (Phi) is 12.3. The van der Waals surface area contributed by atoms with Gasteiger partial charge in [0.05, 0.1) is 22.1 Å². The molecule has 4 aromatic rings. The molecule has 1 amide bonds. The average Bonchev–Trinajstić information content (AvgIpc) is 3.07. The van der Waals surface area contributed by atoms with E-state index in [0.29, 0.717) is 12.1 Å². The van der Waals surface area contributed by atoms with Crippen molar-refractivity contribution in [1.29, 1.82) is 0 Å². The van der Waals surface area contributed by atoms with Crippen molar-refractivity contribution in [1.82, 2.24) is 14.9 Å². The first-order valence-corrected chi connectivity index (χ1v) is 16.6. The molecule has 2 N–H and O–H groups in total. The fraction of sp³-hybridized carbons (Fsp3) is 0.378. The van der Waals surface area contributed by atoms with Crippen LogP contribution >= 0.6 is 0 Å². The van der Waals surface area contributed by atoms with Crippen LogP contribution in [0.25, 0.3) is 22.0 Å². The number of pyridine rings is 2. The van der Waals surface area contributed by atoms with Crippen LogP contribution in [-0.2, 0) is 38.7 Å². The van der Waals surface area contributed by atoms with E-state index < -0.39 is 107 Å². The molecule has 4 rings (SSSR count). The standard InChI is InChI=1S/C37H36F8N4O6/c1-7-27(37(43,44)45)47-20-15-24(38)29(25(39)16-20)31(50)48-26(33(52)54-17-55-34(53)35(3,4)5)14-19-10-11-22(30-21(19)9-8-12-46-30)28-23(36(40,41)42)13-18(2)49(6)32(28)51/h8-13,15-16,26-27,47H,7,14,17H2,1-6H3,(H,48,50)/t26-,27+/m0/s1. The van der Waals surface area contributed by atoms with E-state index in [1.807, 2.05) is 5.32 Å². The Hall–Kier alpha value is -5.55. The fourth-order valence-corrected chi connectivity index (χ4v) is 5.51. The van der Waals surface area contributed by atoms with Crippen molar-refractivity contribution in [3.8, 4) is 11.1 Å². The van der Waals surface area contributed by atoms with Crippen molar-refractivity contribution >= 4 is 34.4 Å². The van der Waals surface area contributed by atoms with Gasteiger partial charge in [0.15, 0.2) is 0 Å². The van der Waals surface area contributed by atoms with Crippen molar-refractivity contribution in [3.63, 3.8) is 0 Å². The Morgan fingerprint density at radius 3 is 2.15 bits per heavy atom. The number of rotatable bonds is 11. The first-order chi connectivity index (χ1) is 25.4. The Morgan fingerprint density at radius 1 is 0.945 bits per heavy atom. The lowest BCUT2D eigenvalue weighted by Gasteiger charge is -2.22. The van der Waals surface area contributed by atoms with E-state index >= 15 is 8.78 Å². The van der Waals surface area contributed by atoms with Crippen molar-refractivity contribution in [2.24, 2.45) is 12.5 Å². The summed E-state index contributed by atoms with van der Waals surface area (Å²) in [6.45, 7) is 6.13. The van der Waals surface area contributed by atoms with Crippen molar-refractivity contribution in [3.05, 3.63) is 93.0 Å². The molecular weight excluding hydrogens is 748 g/mol. The lowest BCUT2D eigenvalue weighted by molar-refractivity contribution is -0.174. The predicted molar refractivity (Wildman–Crippen MR) is 184 cm³/mol. The number of nitrogens with one attached hydrogen (secondary N) is 2. The number of hydrogen-bond acceptors (Lipinski definition) is 8. The summed E-state index contributed by atoms with van der Waals surface area (Å²) in [6.07, 6.45) is -9.50. The van der Waals surface area contributed by atoms with E-state index in [1.165, 1.54) is 66.1 Å². The highest BCUT2D eigenvalue weighted by Gasteiger charge is 2.39. The highest BCUT2D eigenvalue weighted by atomic mass is 19.4.